The molecule has 0 heterocycles. The molecule has 0 aliphatic heterocycles. The van der Waals surface area contributed by atoms with Crippen molar-refractivity contribution in [3.63, 3.8) is 0 Å². The van der Waals surface area contributed by atoms with Crippen molar-refractivity contribution in [2.45, 2.75) is 25.8 Å². The molecule has 2 rings (SSSR count). The molecule has 2 aromatic rings. The first-order valence-corrected chi connectivity index (χ1v) is 7.07. The second-order valence-electron chi connectivity index (χ2n) is 4.88. The Balaban J connectivity index is 2.07. The molecule has 0 saturated heterocycles. The highest BCUT2D eigenvalue weighted by molar-refractivity contribution is 6.33. The minimum Gasteiger partial charge on any atom is -0.489 e. The van der Waals surface area contributed by atoms with Gasteiger partial charge in [-0.3, -0.25) is 4.79 Å². The van der Waals surface area contributed by atoms with Gasteiger partial charge in [-0.05, 0) is 55.3 Å². The molecule has 21 heavy (non-hydrogen) atoms. The van der Waals surface area contributed by atoms with Gasteiger partial charge in [-0.15, -0.1) is 11.6 Å². The fraction of sp³-hybridized carbons (Fsp3) is 0.235. The second-order valence-corrected chi connectivity index (χ2v) is 5.53. The van der Waals surface area contributed by atoms with Crippen molar-refractivity contribution in [1.82, 2.24) is 0 Å². The van der Waals surface area contributed by atoms with Crippen molar-refractivity contribution in [2.75, 3.05) is 0 Å². The van der Waals surface area contributed by atoms with Crippen LogP contribution in [-0.2, 0) is 6.61 Å². The van der Waals surface area contributed by atoms with Gasteiger partial charge in [0.2, 0.25) is 0 Å². The number of carbonyl (C=O) groups is 1. The Hall–Kier alpha value is -1.87. The number of rotatable bonds is 5. The fourth-order valence-corrected chi connectivity index (χ4v) is 2.06. The number of benzene rings is 2. The summed E-state index contributed by atoms with van der Waals surface area (Å²) in [6.45, 7) is 3.87. The lowest BCUT2D eigenvalue weighted by atomic mass is 10.1. The lowest BCUT2D eigenvalue weighted by Crippen LogP contribution is -2.10. The summed E-state index contributed by atoms with van der Waals surface area (Å²) in [5.74, 6) is 0.316. The van der Waals surface area contributed by atoms with Crippen molar-refractivity contribution >= 4 is 17.4 Å². The highest BCUT2D eigenvalue weighted by Gasteiger charge is 2.13. The Labute approximate surface area is 128 Å². The number of ketones is 1. The number of Topliss-reactive ketones (excluding diaryl/α,β-unsaturated/α-hetero) is 1. The van der Waals surface area contributed by atoms with E-state index < -0.39 is 5.38 Å². The topological polar surface area (TPSA) is 26.3 Å². The first-order chi connectivity index (χ1) is 9.97. The number of alkyl halides is 1. The van der Waals surface area contributed by atoms with Crippen molar-refractivity contribution in [3.8, 4) is 5.75 Å². The maximum absolute atomic E-state index is 12.8. The molecule has 0 aromatic heterocycles. The van der Waals surface area contributed by atoms with Crippen LogP contribution in [0.2, 0.25) is 0 Å². The van der Waals surface area contributed by atoms with Gasteiger partial charge in [-0.2, -0.15) is 0 Å². The Morgan fingerprint density at radius 3 is 2.48 bits per heavy atom. The number of hydrogen-bond donors (Lipinski definition) is 0. The summed E-state index contributed by atoms with van der Waals surface area (Å²) in [5.41, 5.74) is 2.31. The van der Waals surface area contributed by atoms with Gasteiger partial charge >= 0.3 is 0 Å². The van der Waals surface area contributed by atoms with Gasteiger partial charge in [0.1, 0.15) is 18.2 Å². The Morgan fingerprint density at radius 2 is 1.90 bits per heavy atom. The summed E-state index contributed by atoms with van der Waals surface area (Å²) >= 11 is 5.80. The van der Waals surface area contributed by atoms with Crippen LogP contribution < -0.4 is 4.74 Å². The van der Waals surface area contributed by atoms with E-state index in [0.717, 1.165) is 11.1 Å². The van der Waals surface area contributed by atoms with Gasteiger partial charge < -0.3 is 4.74 Å². The Kier molecular flexibility index (Phi) is 4.97. The minimum absolute atomic E-state index is 0.107. The lowest BCUT2D eigenvalue weighted by Gasteiger charge is -2.11. The van der Waals surface area contributed by atoms with E-state index in [1.807, 2.05) is 6.92 Å². The van der Waals surface area contributed by atoms with Crippen LogP contribution in [0.25, 0.3) is 0 Å². The summed E-state index contributed by atoms with van der Waals surface area (Å²) in [6.07, 6.45) is 0. The third-order valence-corrected chi connectivity index (χ3v) is 3.33. The van der Waals surface area contributed by atoms with Gasteiger partial charge in [0.25, 0.3) is 0 Å². The first kappa shape index (κ1) is 15.5. The van der Waals surface area contributed by atoms with Gasteiger partial charge in [-0.1, -0.05) is 12.1 Å². The van der Waals surface area contributed by atoms with E-state index in [1.165, 1.54) is 12.1 Å². The zero-order chi connectivity index (χ0) is 15.4. The van der Waals surface area contributed by atoms with Crippen LogP contribution in [0, 0.1) is 12.7 Å². The van der Waals surface area contributed by atoms with E-state index >= 15 is 0 Å². The normalized spacial score (nSPS) is 12.0. The van der Waals surface area contributed by atoms with Crippen LogP contribution in [-0.4, -0.2) is 11.2 Å². The maximum atomic E-state index is 12.8. The molecule has 110 valence electrons. The molecular weight excluding hydrogens is 291 g/mol. The summed E-state index contributed by atoms with van der Waals surface area (Å²) in [5, 5.41) is -0.546. The van der Waals surface area contributed by atoms with Crippen LogP contribution in [0.5, 0.6) is 5.75 Å². The molecule has 0 aliphatic rings. The molecule has 2 nitrogen and oxygen atoms in total. The molecule has 0 bridgehead atoms. The van der Waals surface area contributed by atoms with Crippen molar-refractivity contribution < 1.29 is 13.9 Å². The van der Waals surface area contributed by atoms with Gasteiger partial charge in [0.15, 0.2) is 5.78 Å². The van der Waals surface area contributed by atoms with Crippen LogP contribution in [0.15, 0.2) is 42.5 Å². The molecule has 0 spiro atoms. The maximum Gasteiger partial charge on any atom is 0.180 e. The monoisotopic (exact) mass is 306 g/mol. The zero-order valence-corrected chi connectivity index (χ0v) is 12.7. The Morgan fingerprint density at radius 1 is 1.24 bits per heavy atom. The number of ether oxygens (including phenoxy) is 1. The zero-order valence-electron chi connectivity index (χ0n) is 11.9. The van der Waals surface area contributed by atoms with Crippen LogP contribution in [0.4, 0.5) is 4.39 Å². The van der Waals surface area contributed by atoms with Crippen LogP contribution >= 0.6 is 11.6 Å². The van der Waals surface area contributed by atoms with Crippen LogP contribution in [0.1, 0.15) is 28.4 Å². The molecule has 0 fully saturated rings. The molecule has 1 atom stereocenters. The predicted molar refractivity (Wildman–Crippen MR) is 81.6 cm³/mol. The smallest absolute Gasteiger partial charge is 0.180 e. The molecule has 0 amide bonds. The number of carbonyl (C=O) groups excluding carboxylic acids is 1. The molecule has 0 N–H and O–H groups in total. The van der Waals surface area contributed by atoms with E-state index in [1.54, 1.807) is 37.3 Å². The number of halogens is 2. The number of hydrogen-bond acceptors (Lipinski definition) is 2. The van der Waals surface area contributed by atoms with E-state index in [9.17, 15) is 9.18 Å². The third-order valence-electron chi connectivity index (χ3n) is 3.13. The van der Waals surface area contributed by atoms with Gasteiger partial charge in [0.05, 0.1) is 5.38 Å². The molecule has 4 heteroatoms. The quantitative estimate of drug-likeness (QED) is 0.599. The molecule has 0 aliphatic carbocycles. The first-order valence-electron chi connectivity index (χ1n) is 6.63. The predicted octanol–water partition coefficient (Wildman–Crippen LogP) is 4.52. The molecular formula is C17H16ClFO2. The van der Waals surface area contributed by atoms with Gasteiger partial charge in [0, 0.05) is 5.56 Å². The lowest BCUT2D eigenvalue weighted by molar-refractivity contribution is 0.0991. The molecule has 1 unspecified atom stereocenters. The number of aryl methyl sites for hydroxylation is 1. The van der Waals surface area contributed by atoms with Crippen molar-refractivity contribution in [1.29, 1.82) is 0 Å². The largest absolute Gasteiger partial charge is 0.489 e. The van der Waals surface area contributed by atoms with Crippen LogP contribution in [0.3, 0.4) is 0 Å². The molecule has 0 saturated carbocycles. The van der Waals surface area contributed by atoms with E-state index in [4.69, 9.17) is 16.3 Å². The minimum atomic E-state index is -0.546. The summed E-state index contributed by atoms with van der Waals surface area (Å²) in [4.78, 5) is 11.8. The summed E-state index contributed by atoms with van der Waals surface area (Å²) in [7, 11) is 0. The van der Waals surface area contributed by atoms with Crippen molar-refractivity contribution in [2.24, 2.45) is 0 Å². The van der Waals surface area contributed by atoms with E-state index in [0.29, 0.717) is 17.9 Å². The highest BCUT2D eigenvalue weighted by atomic mass is 35.5. The van der Waals surface area contributed by atoms with Crippen molar-refractivity contribution in [3.05, 3.63) is 65.0 Å². The second kappa shape index (κ2) is 6.72. The van der Waals surface area contributed by atoms with Gasteiger partial charge in [-0.25, -0.2) is 4.39 Å². The average Bonchev–Trinajstić information content (AvgIpc) is 2.46. The third kappa shape index (κ3) is 4.05. The Bertz CT molecular complexity index is 636. The van der Waals surface area contributed by atoms with E-state index in [2.05, 4.69) is 0 Å². The van der Waals surface area contributed by atoms with E-state index in [-0.39, 0.29) is 11.6 Å². The summed E-state index contributed by atoms with van der Waals surface area (Å²) < 4.78 is 18.5. The average molecular weight is 307 g/mol. The standard InChI is InChI=1S/C17H16ClFO2/c1-11-9-14(17(20)12(2)18)5-8-16(11)21-10-13-3-6-15(19)7-4-13/h3-9,12H,10H2,1-2H3. The summed E-state index contributed by atoms with van der Waals surface area (Å²) in [6, 6.07) is 11.4. The SMILES string of the molecule is Cc1cc(C(=O)C(C)Cl)ccc1OCc1ccc(F)cc1. The molecule has 0 radical (unpaired) electrons. The molecule has 2 aromatic carbocycles. The fourth-order valence-electron chi connectivity index (χ4n) is 1.94. The highest BCUT2D eigenvalue weighted by Crippen LogP contribution is 2.22.